The van der Waals surface area contributed by atoms with Crippen LogP contribution >= 0.6 is 0 Å². The zero-order valence-corrected chi connectivity index (χ0v) is 12.6. The van der Waals surface area contributed by atoms with E-state index in [0.29, 0.717) is 5.56 Å². The van der Waals surface area contributed by atoms with Crippen LogP contribution in [0, 0.1) is 0 Å². The molecule has 24 heavy (non-hydrogen) atoms. The lowest BCUT2D eigenvalue weighted by Crippen LogP contribution is -2.05. The third-order valence-electron chi connectivity index (χ3n) is 3.39. The van der Waals surface area contributed by atoms with Gasteiger partial charge in [-0.05, 0) is 12.1 Å². The predicted molar refractivity (Wildman–Crippen MR) is 94.3 cm³/mol. The minimum absolute atomic E-state index is 0.0417. The Labute approximate surface area is 136 Å². The molecule has 2 aromatic heterocycles. The second-order valence-corrected chi connectivity index (χ2v) is 4.97. The lowest BCUT2D eigenvalue weighted by Gasteiger charge is -1.93. The second-order valence-electron chi connectivity index (χ2n) is 4.97. The van der Waals surface area contributed by atoms with E-state index in [4.69, 9.17) is 17.2 Å². The number of nitrogens with zero attached hydrogens (tertiary/aromatic N) is 3. The van der Waals surface area contributed by atoms with Crippen LogP contribution in [0.5, 0.6) is 0 Å². The highest BCUT2D eigenvalue weighted by atomic mass is 16.1. The van der Waals surface area contributed by atoms with Gasteiger partial charge in [0.05, 0.1) is 5.52 Å². The van der Waals surface area contributed by atoms with Crippen molar-refractivity contribution in [1.29, 1.82) is 0 Å². The van der Waals surface area contributed by atoms with Crippen molar-refractivity contribution in [3.8, 4) is 0 Å². The number of anilines is 3. The van der Waals surface area contributed by atoms with Crippen LogP contribution in [0.1, 0.15) is 10.4 Å². The molecule has 4 aromatic rings. The standard InChI is InChI=1S/C13H9NO.C3H6N6/c15-8-9-4-3-6-11-10-5-1-2-7-12(10)14-13(9)11;4-1-7-2(5)9-3(6)8-1/h1-8,14H;(H6,4,5,6,7,8,9). The molecule has 0 aliphatic rings. The number of fused-ring (bicyclic) bond motifs is 3. The third kappa shape index (κ3) is 2.93. The van der Waals surface area contributed by atoms with E-state index in [0.717, 1.165) is 28.1 Å². The Morgan fingerprint density at radius 2 is 1.38 bits per heavy atom. The highest BCUT2D eigenvalue weighted by Crippen LogP contribution is 2.26. The molecular weight excluding hydrogens is 306 g/mol. The molecule has 2 heterocycles. The van der Waals surface area contributed by atoms with Crippen molar-refractivity contribution in [3.63, 3.8) is 0 Å². The summed E-state index contributed by atoms with van der Waals surface area (Å²) >= 11 is 0. The van der Waals surface area contributed by atoms with Gasteiger partial charge in [0, 0.05) is 21.9 Å². The minimum Gasteiger partial charge on any atom is -0.368 e. The summed E-state index contributed by atoms with van der Waals surface area (Å²) in [5, 5.41) is 2.27. The normalized spacial score (nSPS) is 10.3. The van der Waals surface area contributed by atoms with E-state index in [9.17, 15) is 4.79 Å². The van der Waals surface area contributed by atoms with Gasteiger partial charge in [0.1, 0.15) is 0 Å². The monoisotopic (exact) mass is 321 g/mol. The van der Waals surface area contributed by atoms with E-state index < -0.39 is 0 Å². The molecule has 0 spiro atoms. The number of carbonyl (C=O) groups is 1. The van der Waals surface area contributed by atoms with Gasteiger partial charge in [-0.15, -0.1) is 0 Å². The maximum absolute atomic E-state index is 10.9. The molecule has 0 aliphatic carbocycles. The summed E-state index contributed by atoms with van der Waals surface area (Å²) in [5.74, 6) is 0.125. The smallest absolute Gasteiger partial charge is 0.226 e. The van der Waals surface area contributed by atoms with Crippen LogP contribution in [0.4, 0.5) is 17.8 Å². The summed E-state index contributed by atoms with van der Waals surface area (Å²) in [5.41, 5.74) is 18.1. The van der Waals surface area contributed by atoms with Crippen molar-refractivity contribution in [2.45, 2.75) is 0 Å². The van der Waals surface area contributed by atoms with Crippen molar-refractivity contribution >= 4 is 45.9 Å². The van der Waals surface area contributed by atoms with E-state index in [1.54, 1.807) is 0 Å². The van der Waals surface area contributed by atoms with Crippen molar-refractivity contribution in [3.05, 3.63) is 48.0 Å². The Balaban J connectivity index is 0.000000162. The number of aromatic nitrogens is 4. The summed E-state index contributed by atoms with van der Waals surface area (Å²) in [6.45, 7) is 0. The SMILES string of the molecule is Nc1nc(N)nc(N)n1.O=Cc1cccc2c1[nH]c1ccccc12. The van der Waals surface area contributed by atoms with Crippen molar-refractivity contribution in [2.75, 3.05) is 17.2 Å². The van der Waals surface area contributed by atoms with Crippen LogP contribution in [0.3, 0.4) is 0 Å². The maximum Gasteiger partial charge on any atom is 0.226 e. The minimum atomic E-state index is 0.0417. The van der Waals surface area contributed by atoms with Gasteiger partial charge in [0.25, 0.3) is 0 Å². The quantitative estimate of drug-likeness (QED) is 0.390. The average molecular weight is 321 g/mol. The average Bonchev–Trinajstić information content (AvgIpc) is 2.93. The third-order valence-corrected chi connectivity index (χ3v) is 3.39. The zero-order chi connectivity index (χ0) is 17.1. The van der Waals surface area contributed by atoms with Gasteiger partial charge >= 0.3 is 0 Å². The van der Waals surface area contributed by atoms with Crippen LogP contribution in [0.2, 0.25) is 0 Å². The first-order valence-electron chi connectivity index (χ1n) is 7.05. The molecule has 8 nitrogen and oxygen atoms in total. The number of benzene rings is 2. The first kappa shape index (κ1) is 15.2. The Morgan fingerprint density at radius 1 is 0.792 bits per heavy atom. The molecule has 120 valence electrons. The molecule has 0 aliphatic heterocycles. The van der Waals surface area contributed by atoms with Crippen LogP contribution in [0.15, 0.2) is 42.5 Å². The molecule has 7 N–H and O–H groups in total. The molecule has 2 aromatic carbocycles. The van der Waals surface area contributed by atoms with Gasteiger partial charge in [-0.1, -0.05) is 30.3 Å². The summed E-state index contributed by atoms with van der Waals surface area (Å²) in [6, 6.07) is 13.8. The predicted octanol–water partition coefficient (Wildman–Crippen LogP) is 1.75. The molecule has 0 atom stereocenters. The molecule has 0 saturated heterocycles. The molecule has 0 radical (unpaired) electrons. The lowest BCUT2D eigenvalue weighted by molar-refractivity contribution is 0.112. The number of para-hydroxylation sites is 2. The topological polar surface area (TPSA) is 150 Å². The molecule has 8 heteroatoms. The van der Waals surface area contributed by atoms with E-state index in [2.05, 4.69) is 26.0 Å². The van der Waals surface area contributed by atoms with Gasteiger partial charge < -0.3 is 22.2 Å². The van der Waals surface area contributed by atoms with Crippen LogP contribution in [-0.2, 0) is 0 Å². The Hall–Kier alpha value is -3.68. The van der Waals surface area contributed by atoms with E-state index in [1.165, 1.54) is 0 Å². The fourth-order valence-electron chi connectivity index (χ4n) is 2.42. The van der Waals surface area contributed by atoms with Gasteiger partial charge in [0.15, 0.2) is 6.29 Å². The number of hydrogen-bond acceptors (Lipinski definition) is 7. The van der Waals surface area contributed by atoms with Crippen LogP contribution < -0.4 is 17.2 Å². The number of rotatable bonds is 1. The number of nitrogens with one attached hydrogen (secondary N) is 1. The van der Waals surface area contributed by atoms with Crippen molar-refractivity contribution in [2.24, 2.45) is 0 Å². The lowest BCUT2D eigenvalue weighted by atomic mass is 10.1. The highest BCUT2D eigenvalue weighted by Gasteiger charge is 2.05. The Morgan fingerprint density at radius 3 is 2.00 bits per heavy atom. The summed E-state index contributed by atoms with van der Waals surface area (Å²) in [7, 11) is 0. The molecule has 0 fully saturated rings. The molecule has 0 unspecified atom stereocenters. The Bertz CT molecular complexity index is 975. The number of carbonyl (C=O) groups excluding carboxylic acids is 1. The zero-order valence-electron chi connectivity index (χ0n) is 12.6. The number of nitrogen functional groups attached to an aromatic ring is 3. The number of hydrogen-bond donors (Lipinski definition) is 4. The summed E-state index contributed by atoms with van der Waals surface area (Å²) in [4.78, 5) is 24.6. The first-order valence-corrected chi connectivity index (χ1v) is 7.05. The largest absolute Gasteiger partial charge is 0.368 e. The number of aromatic amines is 1. The molecular formula is C16H15N7O. The maximum atomic E-state index is 10.9. The van der Waals surface area contributed by atoms with Crippen LogP contribution in [0.25, 0.3) is 21.8 Å². The Kier molecular flexibility index (Phi) is 3.94. The fourth-order valence-corrected chi connectivity index (χ4v) is 2.42. The summed E-state index contributed by atoms with van der Waals surface area (Å²) in [6.07, 6.45) is 0.887. The van der Waals surface area contributed by atoms with Gasteiger partial charge in [0.2, 0.25) is 17.8 Å². The second kappa shape index (κ2) is 6.21. The number of aldehydes is 1. The first-order chi connectivity index (χ1) is 11.6. The van der Waals surface area contributed by atoms with Crippen molar-refractivity contribution in [1.82, 2.24) is 19.9 Å². The van der Waals surface area contributed by atoms with Crippen molar-refractivity contribution < 1.29 is 4.79 Å². The highest BCUT2D eigenvalue weighted by molar-refractivity contribution is 6.11. The number of nitrogens with two attached hydrogens (primary N) is 3. The molecule has 0 amide bonds. The fraction of sp³-hybridized carbons (Fsp3) is 0. The van der Waals surface area contributed by atoms with E-state index >= 15 is 0 Å². The van der Waals surface area contributed by atoms with E-state index in [1.807, 2.05) is 36.4 Å². The van der Waals surface area contributed by atoms with E-state index in [-0.39, 0.29) is 17.8 Å². The van der Waals surface area contributed by atoms with Gasteiger partial charge in [-0.25, -0.2) is 0 Å². The van der Waals surface area contributed by atoms with Gasteiger partial charge in [-0.2, -0.15) is 15.0 Å². The summed E-state index contributed by atoms with van der Waals surface area (Å²) < 4.78 is 0. The van der Waals surface area contributed by atoms with Gasteiger partial charge in [-0.3, -0.25) is 4.79 Å². The molecule has 4 rings (SSSR count). The number of H-pyrrole nitrogens is 1. The molecule has 0 saturated carbocycles. The van der Waals surface area contributed by atoms with Crippen LogP contribution in [-0.4, -0.2) is 26.2 Å². The molecule has 0 bridgehead atoms.